The Bertz CT molecular complexity index is 1460. The molecule has 0 bridgehead atoms. The molecule has 5 rings (SSSR count). The van der Waals surface area contributed by atoms with Crippen molar-refractivity contribution in [2.45, 2.75) is 43.8 Å². The van der Waals surface area contributed by atoms with Gasteiger partial charge in [-0.3, -0.25) is 9.59 Å². The molecule has 2 fully saturated rings. The normalized spacial score (nSPS) is 21.8. The third-order valence-corrected chi connectivity index (χ3v) is 8.07. The van der Waals surface area contributed by atoms with Gasteiger partial charge >= 0.3 is 5.97 Å². The van der Waals surface area contributed by atoms with Gasteiger partial charge in [-0.25, -0.2) is 4.79 Å². The average molecular weight is 634 g/mol. The third-order valence-electron chi connectivity index (χ3n) is 7.13. The van der Waals surface area contributed by atoms with Gasteiger partial charge in [-0.1, -0.05) is 65.1 Å². The number of aliphatic hydroxyl groups excluding tert-OH is 1. The average Bonchev–Trinajstić information content (AvgIpc) is 3.51. The maximum absolute atomic E-state index is 13.4. The molecule has 42 heavy (non-hydrogen) atoms. The second-order valence-electron chi connectivity index (χ2n) is 10.0. The summed E-state index contributed by atoms with van der Waals surface area (Å²) in [5, 5.41) is 16.2. The van der Waals surface area contributed by atoms with Crippen LogP contribution in [0, 0.1) is 6.92 Å². The van der Waals surface area contributed by atoms with E-state index in [2.05, 4.69) is 10.6 Å². The predicted octanol–water partition coefficient (Wildman–Crippen LogP) is 4.62. The van der Waals surface area contributed by atoms with Crippen molar-refractivity contribution in [3.63, 3.8) is 0 Å². The maximum atomic E-state index is 13.4. The molecule has 0 spiro atoms. The number of hydrogen-bond donors (Lipinski definition) is 3. The molecule has 0 aromatic heterocycles. The van der Waals surface area contributed by atoms with Crippen LogP contribution in [0.3, 0.4) is 0 Å². The minimum Gasteiger partial charge on any atom is -0.455 e. The van der Waals surface area contributed by atoms with Gasteiger partial charge in [0.05, 0.1) is 39.4 Å². The molecule has 9 nitrogen and oxygen atoms in total. The highest BCUT2D eigenvalue weighted by Crippen LogP contribution is 2.30. The standard InChI is InChI=1S/C30H27Cl3N2O7/c1-15-4-2-5-18(31)24(15)28(37)35-21(30(39)42-23-14-41-26-22(36)13-40-27(23)26)12-16-8-10-17(11-9-16)34-29(38)25-19(32)6-3-7-20(25)33/h2-11,21-23,26-27,36H,12-14H2,1H3,(H,34,38)(H,35,37)/t21-,22-,23-,26+,27+/m0/s1. The van der Waals surface area contributed by atoms with E-state index in [9.17, 15) is 19.5 Å². The van der Waals surface area contributed by atoms with Gasteiger partial charge in [-0.2, -0.15) is 0 Å². The predicted molar refractivity (Wildman–Crippen MR) is 157 cm³/mol. The number of anilines is 1. The topological polar surface area (TPSA) is 123 Å². The number of amides is 2. The minimum atomic E-state index is -1.10. The highest BCUT2D eigenvalue weighted by molar-refractivity contribution is 6.40. The summed E-state index contributed by atoms with van der Waals surface area (Å²) in [6, 6.07) is 15.5. The van der Waals surface area contributed by atoms with Crippen molar-refractivity contribution in [3.8, 4) is 0 Å². The molecule has 3 N–H and O–H groups in total. The van der Waals surface area contributed by atoms with E-state index in [1.54, 1.807) is 67.6 Å². The fourth-order valence-electron chi connectivity index (χ4n) is 4.99. The van der Waals surface area contributed by atoms with Crippen molar-refractivity contribution in [1.29, 1.82) is 0 Å². The molecule has 2 saturated heterocycles. The zero-order valence-corrected chi connectivity index (χ0v) is 24.6. The summed E-state index contributed by atoms with van der Waals surface area (Å²) in [6.45, 7) is 1.89. The van der Waals surface area contributed by atoms with Gasteiger partial charge in [0.2, 0.25) is 0 Å². The number of halogens is 3. The van der Waals surface area contributed by atoms with E-state index in [-0.39, 0.29) is 45.8 Å². The van der Waals surface area contributed by atoms with Crippen LogP contribution in [-0.2, 0) is 25.4 Å². The number of esters is 1. The van der Waals surface area contributed by atoms with Gasteiger partial charge in [-0.05, 0) is 48.4 Å². The lowest BCUT2D eigenvalue weighted by Gasteiger charge is -2.23. The van der Waals surface area contributed by atoms with E-state index in [0.717, 1.165) is 0 Å². The quantitative estimate of drug-likeness (QED) is 0.310. The first-order valence-corrected chi connectivity index (χ1v) is 14.3. The van der Waals surface area contributed by atoms with Gasteiger partial charge in [0.25, 0.3) is 11.8 Å². The fraction of sp³-hybridized carbons (Fsp3) is 0.300. The van der Waals surface area contributed by atoms with E-state index >= 15 is 0 Å². The smallest absolute Gasteiger partial charge is 0.329 e. The van der Waals surface area contributed by atoms with Gasteiger partial charge < -0.3 is 30.0 Å². The van der Waals surface area contributed by atoms with Crippen LogP contribution in [0.25, 0.3) is 0 Å². The number of carbonyl (C=O) groups excluding carboxylic acids is 3. The lowest BCUT2D eigenvalue weighted by Crippen LogP contribution is -2.46. The van der Waals surface area contributed by atoms with Crippen LogP contribution in [-0.4, -0.2) is 66.6 Å². The molecule has 0 saturated carbocycles. The lowest BCUT2D eigenvalue weighted by molar-refractivity contribution is -0.156. The summed E-state index contributed by atoms with van der Waals surface area (Å²) in [6.07, 6.45) is -2.64. The molecule has 3 aromatic carbocycles. The molecule has 2 aliphatic rings. The molecule has 12 heteroatoms. The van der Waals surface area contributed by atoms with Crippen molar-refractivity contribution >= 4 is 58.3 Å². The summed E-state index contributed by atoms with van der Waals surface area (Å²) in [4.78, 5) is 39.4. The van der Waals surface area contributed by atoms with Crippen LogP contribution in [0.1, 0.15) is 31.8 Å². The Morgan fingerprint density at radius 3 is 2.17 bits per heavy atom. The molecular weight excluding hydrogens is 607 g/mol. The SMILES string of the molecule is Cc1cccc(Cl)c1C(=O)N[C@@H](Cc1ccc(NC(=O)c2c(Cl)cccc2Cl)cc1)C(=O)O[C@H]1CO[C@H]2[C@@H]1OC[C@@H]2O. The first kappa shape index (κ1) is 30.3. The molecule has 3 aromatic rings. The highest BCUT2D eigenvalue weighted by Gasteiger charge is 2.49. The summed E-state index contributed by atoms with van der Waals surface area (Å²) in [7, 11) is 0. The van der Waals surface area contributed by atoms with E-state index < -0.39 is 48.2 Å². The lowest BCUT2D eigenvalue weighted by atomic mass is 10.0. The molecule has 220 valence electrons. The number of benzene rings is 3. The fourth-order valence-corrected chi connectivity index (χ4v) is 5.86. The van der Waals surface area contributed by atoms with E-state index in [1.807, 2.05) is 0 Å². The van der Waals surface area contributed by atoms with Gasteiger partial charge in [0.15, 0.2) is 6.10 Å². The number of hydrogen-bond acceptors (Lipinski definition) is 7. The van der Waals surface area contributed by atoms with Gasteiger partial charge in [0, 0.05) is 12.1 Å². The summed E-state index contributed by atoms with van der Waals surface area (Å²) in [5.74, 6) is -1.70. The molecule has 2 heterocycles. The van der Waals surface area contributed by atoms with Crippen LogP contribution in [0.5, 0.6) is 0 Å². The van der Waals surface area contributed by atoms with Crippen LogP contribution in [0.15, 0.2) is 60.7 Å². The maximum Gasteiger partial charge on any atom is 0.329 e. The second kappa shape index (κ2) is 13.0. The third kappa shape index (κ3) is 6.57. The summed E-state index contributed by atoms with van der Waals surface area (Å²) in [5.41, 5.74) is 2.20. The number of nitrogens with one attached hydrogen (secondary N) is 2. The van der Waals surface area contributed by atoms with Crippen molar-refractivity contribution in [3.05, 3.63) is 98.0 Å². The monoisotopic (exact) mass is 632 g/mol. The second-order valence-corrected chi connectivity index (χ2v) is 11.3. The first-order chi connectivity index (χ1) is 20.1. The van der Waals surface area contributed by atoms with Crippen LogP contribution >= 0.6 is 34.8 Å². The number of fused-ring (bicyclic) bond motifs is 1. The van der Waals surface area contributed by atoms with Crippen LogP contribution in [0.4, 0.5) is 5.69 Å². The van der Waals surface area contributed by atoms with E-state index in [4.69, 9.17) is 49.0 Å². The Labute approximate surface area is 257 Å². The first-order valence-electron chi connectivity index (χ1n) is 13.1. The Balaban J connectivity index is 1.32. The summed E-state index contributed by atoms with van der Waals surface area (Å²) >= 11 is 18.6. The van der Waals surface area contributed by atoms with Crippen LogP contribution in [0.2, 0.25) is 15.1 Å². The van der Waals surface area contributed by atoms with Gasteiger partial charge in [-0.15, -0.1) is 0 Å². The van der Waals surface area contributed by atoms with E-state index in [1.165, 1.54) is 0 Å². The molecular formula is C30H27Cl3N2O7. The van der Waals surface area contributed by atoms with E-state index in [0.29, 0.717) is 16.8 Å². The van der Waals surface area contributed by atoms with Crippen LogP contribution < -0.4 is 10.6 Å². The molecule has 0 aliphatic carbocycles. The molecule has 0 unspecified atom stereocenters. The Hall–Kier alpha value is -3.18. The van der Waals surface area contributed by atoms with Crippen molar-refractivity contribution in [1.82, 2.24) is 5.32 Å². The molecule has 2 aliphatic heterocycles. The Kier molecular flexibility index (Phi) is 9.37. The molecule has 2 amide bonds. The van der Waals surface area contributed by atoms with Crippen molar-refractivity contribution < 1.29 is 33.7 Å². The number of aliphatic hydroxyl groups is 1. The number of ether oxygens (including phenoxy) is 3. The molecule has 0 radical (unpaired) electrons. The van der Waals surface area contributed by atoms with Crippen molar-refractivity contribution in [2.75, 3.05) is 18.5 Å². The Morgan fingerprint density at radius 2 is 1.50 bits per heavy atom. The zero-order valence-electron chi connectivity index (χ0n) is 22.3. The summed E-state index contributed by atoms with van der Waals surface area (Å²) < 4.78 is 16.9. The number of rotatable bonds is 8. The number of aryl methyl sites for hydroxylation is 1. The van der Waals surface area contributed by atoms with Crippen molar-refractivity contribution in [2.24, 2.45) is 0 Å². The Morgan fingerprint density at radius 1 is 0.881 bits per heavy atom. The largest absolute Gasteiger partial charge is 0.455 e. The molecule has 5 atom stereocenters. The highest BCUT2D eigenvalue weighted by atomic mass is 35.5. The van der Waals surface area contributed by atoms with Gasteiger partial charge in [0.1, 0.15) is 24.4 Å². The zero-order chi connectivity index (χ0) is 30.0. The number of carbonyl (C=O) groups is 3. The minimum absolute atomic E-state index is 0.0618.